The Balaban J connectivity index is 0.00000133. The zero-order valence-corrected chi connectivity index (χ0v) is 11.3. The number of nitrogens with one attached hydrogen (secondary N) is 3. The minimum Gasteiger partial charge on any atom is -0.347 e. The van der Waals surface area contributed by atoms with Crippen molar-refractivity contribution in [2.75, 3.05) is 13.1 Å². The van der Waals surface area contributed by atoms with Crippen molar-refractivity contribution in [1.29, 1.82) is 0 Å². The van der Waals surface area contributed by atoms with Crippen LogP contribution in [0.1, 0.15) is 23.3 Å². The number of aromatic nitrogens is 2. The van der Waals surface area contributed by atoms with E-state index in [9.17, 15) is 4.79 Å². The summed E-state index contributed by atoms with van der Waals surface area (Å²) in [7, 11) is 0. The van der Waals surface area contributed by atoms with Gasteiger partial charge in [-0.25, -0.2) is 0 Å². The van der Waals surface area contributed by atoms with E-state index in [-0.39, 0.29) is 24.4 Å². The van der Waals surface area contributed by atoms with E-state index in [4.69, 9.17) is 0 Å². The lowest BCUT2D eigenvalue weighted by molar-refractivity contribution is 0.0927. The van der Waals surface area contributed by atoms with Crippen molar-refractivity contribution in [3.05, 3.63) is 30.0 Å². The van der Waals surface area contributed by atoms with Gasteiger partial charge in [-0.3, -0.25) is 9.89 Å². The number of hydrogen-bond donors (Lipinski definition) is 3. The molecule has 1 aromatic heterocycles. The van der Waals surface area contributed by atoms with Crippen LogP contribution in [0.4, 0.5) is 0 Å². The van der Waals surface area contributed by atoms with E-state index < -0.39 is 0 Å². The number of aromatic amines is 1. The van der Waals surface area contributed by atoms with Gasteiger partial charge in [-0.05, 0) is 25.5 Å². The molecular weight excluding hydrogens is 264 g/mol. The van der Waals surface area contributed by atoms with E-state index in [0.717, 1.165) is 36.8 Å². The Morgan fingerprint density at radius 3 is 3.00 bits per heavy atom. The van der Waals surface area contributed by atoms with Gasteiger partial charge >= 0.3 is 0 Å². The molecule has 1 aliphatic rings. The normalized spacial score (nSPS) is 18.8. The molecule has 1 aromatic carbocycles. The molecule has 2 heterocycles. The van der Waals surface area contributed by atoms with Crippen LogP contribution >= 0.6 is 12.4 Å². The van der Waals surface area contributed by atoms with Crippen molar-refractivity contribution >= 4 is 29.2 Å². The molecular formula is C13H17ClN4O. The monoisotopic (exact) mass is 280 g/mol. The predicted octanol–water partition coefficient (Wildman–Crippen LogP) is 1.47. The van der Waals surface area contributed by atoms with E-state index in [1.165, 1.54) is 0 Å². The second-order valence-corrected chi connectivity index (χ2v) is 4.63. The first-order valence-corrected chi connectivity index (χ1v) is 6.29. The Morgan fingerprint density at radius 1 is 1.37 bits per heavy atom. The summed E-state index contributed by atoms with van der Waals surface area (Å²) >= 11 is 0. The number of carbonyl (C=O) groups excluding carboxylic acids is 1. The number of rotatable bonds is 2. The van der Waals surface area contributed by atoms with Gasteiger partial charge in [-0.15, -0.1) is 12.4 Å². The number of fused-ring (bicyclic) bond motifs is 1. The number of nitrogens with zero attached hydrogens (tertiary/aromatic N) is 1. The van der Waals surface area contributed by atoms with E-state index in [0.29, 0.717) is 5.69 Å². The molecule has 3 N–H and O–H groups in total. The van der Waals surface area contributed by atoms with Crippen LogP contribution in [0.5, 0.6) is 0 Å². The molecule has 0 radical (unpaired) electrons. The maximum absolute atomic E-state index is 12.2. The molecule has 1 aliphatic heterocycles. The van der Waals surface area contributed by atoms with Crippen molar-refractivity contribution in [2.45, 2.75) is 18.9 Å². The number of amides is 1. The largest absolute Gasteiger partial charge is 0.347 e. The van der Waals surface area contributed by atoms with Gasteiger partial charge in [-0.2, -0.15) is 5.10 Å². The summed E-state index contributed by atoms with van der Waals surface area (Å²) in [5.74, 6) is -0.0962. The highest BCUT2D eigenvalue weighted by molar-refractivity contribution is 6.04. The molecule has 2 aromatic rings. The lowest BCUT2D eigenvalue weighted by Crippen LogP contribution is -2.45. The summed E-state index contributed by atoms with van der Waals surface area (Å²) in [6, 6.07) is 7.87. The number of benzene rings is 1. The van der Waals surface area contributed by atoms with Crippen LogP contribution in [0.15, 0.2) is 24.3 Å². The predicted molar refractivity (Wildman–Crippen MR) is 76.7 cm³/mol. The Bertz CT molecular complexity index is 563. The third-order valence-corrected chi connectivity index (χ3v) is 3.32. The average molecular weight is 281 g/mol. The topological polar surface area (TPSA) is 69.8 Å². The zero-order chi connectivity index (χ0) is 12.4. The summed E-state index contributed by atoms with van der Waals surface area (Å²) < 4.78 is 0. The number of H-pyrrole nitrogens is 1. The van der Waals surface area contributed by atoms with Gasteiger partial charge in [0, 0.05) is 18.0 Å². The van der Waals surface area contributed by atoms with Crippen molar-refractivity contribution in [3.63, 3.8) is 0 Å². The molecule has 3 rings (SSSR count). The van der Waals surface area contributed by atoms with Crippen LogP contribution < -0.4 is 10.6 Å². The third-order valence-electron chi connectivity index (χ3n) is 3.32. The van der Waals surface area contributed by atoms with Gasteiger partial charge in [0.2, 0.25) is 0 Å². The fourth-order valence-corrected chi connectivity index (χ4v) is 2.37. The Hall–Kier alpha value is -1.59. The van der Waals surface area contributed by atoms with Gasteiger partial charge in [-0.1, -0.05) is 18.2 Å². The van der Waals surface area contributed by atoms with E-state index in [2.05, 4.69) is 20.8 Å². The van der Waals surface area contributed by atoms with Crippen LogP contribution in [0.3, 0.4) is 0 Å². The molecule has 5 nitrogen and oxygen atoms in total. The highest BCUT2D eigenvalue weighted by Gasteiger charge is 2.19. The molecule has 19 heavy (non-hydrogen) atoms. The van der Waals surface area contributed by atoms with Crippen molar-refractivity contribution in [3.8, 4) is 0 Å². The number of halogens is 1. The van der Waals surface area contributed by atoms with Crippen LogP contribution in [-0.4, -0.2) is 35.2 Å². The fraction of sp³-hybridized carbons (Fsp3) is 0.385. The molecule has 0 bridgehead atoms. The molecule has 1 amide bonds. The maximum Gasteiger partial charge on any atom is 0.272 e. The van der Waals surface area contributed by atoms with Gasteiger partial charge < -0.3 is 10.6 Å². The number of para-hydroxylation sites is 1. The molecule has 0 unspecified atom stereocenters. The van der Waals surface area contributed by atoms with E-state index in [1.807, 2.05) is 24.3 Å². The number of hydrogen-bond acceptors (Lipinski definition) is 3. The average Bonchev–Trinajstić information content (AvgIpc) is 2.84. The fourth-order valence-electron chi connectivity index (χ4n) is 2.37. The Kier molecular flexibility index (Phi) is 4.39. The number of carbonyl (C=O) groups is 1. The zero-order valence-electron chi connectivity index (χ0n) is 10.5. The Morgan fingerprint density at radius 2 is 2.21 bits per heavy atom. The molecule has 0 spiro atoms. The van der Waals surface area contributed by atoms with Crippen LogP contribution in [0.2, 0.25) is 0 Å². The molecule has 0 saturated carbocycles. The second-order valence-electron chi connectivity index (χ2n) is 4.63. The van der Waals surface area contributed by atoms with Crippen molar-refractivity contribution < 1.29 is 4.79 Å². The quantitative estimate of drug-likeness (QED) is 0.780. The molecule has 6 heteroatoms. The maximum atomic E-state index is 12.2. The van der Waals surface area contributed by atoms with Crippen molar-refractivity contribution in [2.24, 2.45) is 0 Å². The van der Waals surface area contributed by atoms with Crippen LogP contribution in [0.25, 0.3) is 10.9 Å². The summed E-state index contributed by atoms with van der Waals surface area (Å²) in [5, 5.41) is 14.2. The van der Waals surface area contributed by atoms with Crippen molar-refractivity contribution in [1.82, 2.24) is 20.8 Å². The lowest BCUT2D eigenvalue weighted by Gasteiger charge is -2.23. The summed E-state index contributed by atoms with van der Waals surface area (Å²) in [6.45, 7) is 1.88. The summed E-state index contributed by atoms with van der Waals surface area (Å²) in [5.41, 5.74) is 1.38. The Labute approximate surface area is 117 Å². The van der Waals surface area contributed by atoms with Gasteiger partial charge in [0.1, 0.15) is 0 Å². The van der Waals surface area contributed by atoms with E-state index in [1.54, 1.807) is 0 Å². The lowest BCUT2D eigenvalue weighted by atomic mass is 10.1. The minimum absolute atomic E-state index is 0. The standard InChI is InChI=1S/C13H16N4O.ClH/c18-13(15-9-4-3-7-14-8-9)12-10-5-1-2-6-11(10)16-17-12;/h1-2,5-6,9,14H,3-4,7-8H2,(H,15,18)(H,16,17);1H/t9-;/m0./s1. The minimum atomic E-state index is -0.0962. The van der Waals surface area contributed by atoms with Gasteiger partial charge in [0.25, 0.3) is 5.91 Å². The van der Waals surface area contributed by atoms with E-state index >= 15 is 0 Å². The molecule has 1 fully saturated rings. The second kappa shape index (κ2) is 6.04. The first-order chi connectivity index (χ1) is 8.84. The first kappa shape index (κ1) is 13.8. The molecule has 1 saturated heterocycles. The third kappa shape index (κ3) is 2.88. The smallest absolute Gasteiger partial charge is 0.272 e. The molecule has 102 valence electrons. The van der Waals surface area contributed by atoms with Crippen LogP contribution in [0, 0.1) is 0 Å². The van der Waals surface area contributed by atoms with Crippen LogP contribution in [-0.2, 0) is 0 Å². The first-order valence-electron chi connectivity index (χ1n) is 6.29. The summed E-state index contributed by atoms with van der Waals surface area (Å²) in [4.78, 5) is 12.2. The SMILES string of the molecule is Cl.O=C(N[C@H]1CCCNC1)c1n[nH]c2ccccc12. The molecule has 0 aliphatic carbocycles. The summed E-state index contributed by atoms with van der Waals surface area (Å²) in [6.07, 6.45) is 2.13. The van der Waals surface area contributed by atoms with Gasteiger partial charge in [0.15, 0.2) is 5.69 Å². The molecule has 1 atom stereocenters. The van der Waals surface area contributed by atoms with Gasteiger partial charge in [0.05, 0.1) is 5.52 Å². The highest BCUT2D eigenvalue weighted by atomic mass is 35.5. The number of piperidine rings is 1. The highest BCUT2D eigenvalue weighted by Crippen LogP contribution is 2.15.